The third kappa shape index (κ3) is 4.84. The number of carbonyl (C=O) groups excluding carboxylic acids is 3. The van der Waals surface area contributed by atoms with Gasteiger partial charge in [0, 0.05) is 13.0 Å². The highest BCUT2D eigenvalue weighted by Gasteiger charge is 2.35. The Hall–Kier alpha value is -3.66. The van der Waals surface area contributed by atoms with E-state index in [1.807, 2.05) is 0 Å². The summed E-state index contributed by atoms with van der Waals surface area (Å²) in [4.78, 5) is 49.0. The van der Waals surface area contributed by atoms with Crippen LogP contribution in [-0.2, 0) is 9.59 Å². The zero-order valence-electron chi connectivity index (χ0n) is 15.3. The summed E-state index contributed by atoms with van der Waals surface area (Å²) in [7, 11) is 0. The standard InChI is InChI=1S/C20H15FN2O6S/c21-12-3-1-11(2-4-12)9-16-18(26)23(20(29)30-16)8-7-17(25)22-15-6-5-13(24)10-14(15)19(27)28/h1-6,9-10,24H,7-8H2,(H,22,25)(H,27,28). The van der Waals surface area contributed by atoms with Gasteiger partial charge in [-0.3, -0.25) is 19.3 Å². The fraction of sp³-hybridized carbons (Fsp3) is 0.100. The van der Waals surface area contributed by atoms with Gasteiger partial charge in [0.2, 0.25) is 5.91 Å². The molecule has 8 nitrogen and oxygen atoms in total. The number of thioether (sulfide) groups is 1. The van der Waals surface area contributed by atoms with Crippen molar-refractivity contribution in [1.29, 1.82) is 0 Å². The quantitative estimate of drug-likeness (QED) is 0.474. The van der Waals surface area contributed by atoms with E-state index in [9.17, 15) is 28.7 Å². The van der Waals surface area contributed by atoms with Crippen LogP contribution in [0, 0.1) is 5.82 Å². The number of hydrogen-bond donors (Lipinski definition) is 3. The third-order valence-electron chi connectivity index (χ3n) is 4.11. The maximum Gasteiger partial charge on any atom is 0.337 e. The van der Waals surface area contributed by atoms with Crippen molar-refractivity contribution in [2.75, 3.05) is 11.9 Å². The smallest absolute Gasteiger partial charge is 0.337 e. The number of carboxylic acids is 1. The van der Waals surface area contributed by atoms with Crippen molar-refractivity contribution >= 4 is 46.5 Å². The molecule has 0 bridgehead atoms. The van der Waals surface area contributed by atoms with Gasteiger partial charge >= 0.3 is 5.97 Å². The second-order valence-electron chi connectivity index (χ2n) is 6.22. The Morgan fingerprint density at radius 1 is 1.13 bits per heavy atom. The van der Waals surface area contributed by atoms with Gasteiger partial charge < -0.3 is 15.5 Å². The zero-order valence-corrected chi connectivity index (χ0v) is 16.1. The third-order valence-corrected chi connectivity index (χ3v) is 5.02. The number of halogens is 1. The molecule has 0 aliphatic carbocycles. The number of phenols is 1. The predicted molar refractivity (Wildman–Crippen MR) is 107 cm³/mol. The van der Waals surface area contributed by atoms with Crippen molar-refractivity contribution in [3.05, 3.63) is 64.3 Å². The summed E-state index contributed by atoms with van der Waals surface area (Å²) in [5.41, 5.74) is 0.237. The molecule has 0 radical (unpaired) electrons. The number of nitrogens with zero attached hydrogens (tertiary/aromatic N) is 1. The van der Waals surface area contributed by atoms with Gasteiger partial charge in [0.25, 0.3) is 11.1 Å². The SMILES string of the molecule is O=C(CCN1C(=O)SC(=Cc2ccc(F)cc2)C1=O)Nc1ccc(O)cc1C(=O)O. The Balaban J connectivity index is 1.64. The molecule has 0 aromatic heterocycles. The summed E-state index contributed by atoms with van der Waals surface area (Å²) in [6.45, 7) is -0.197. The largest absolute Gasteiger partial charge is 0.508 e. The average Bonchev–Trinajstić information content (AvgIpc) is 2.96. The Morgan fingerprint density at radius 3 is 2.50 bits per heavy atom. The molecule has 1 saturated heterocycles. The van der Waals surface area contributed by atoms with Gasteiger partial charge in [-0.05, 0) is 53.7 Å². The molecular formula is C20H15FN2O6S. The number of imide groups is 1. The van der Waals surface area contributed by atoms with Crippen LogP contribution in [0.5, 0.6) is 5.75 Å². The van der Waals surface area contributed by atoms with Gasteiger partial charge in [-0.2, -0.15) is 0 Å². The van der Waals surface area contributed by atoms with Crippen molar-refractivity contribution in [3.63, 3.8) is 0 Å². The lowest BCUT2D eigenvalue weighted by Crippen LogP contribution is -2.31. The Kier molecular flexibility index (Phi) is 6.17. The Labute approximate surface area is 174 Å². The molecule has 1 aliphatic rings. The number of rotatable bonds is 6. The van der Waals surface area contributed by atoms with Crippen molar-refractivity contribution < 1.29 is 33.8 Å². The van der Waals surface area contributed by atoms with Gasteiger partial charge in [0.15, 0.2) is 0 Å². The van der Waals surface area contributed by atoms with Crippen molar-refractivity contribution in [3.8, 4) is 5.75 Å². The molecule has 2 aromatic rings. The fourth-order valence-electron chi connectivity index (χ4n) is 2.65. The van der Waals surface area contributed by atoms with E-state index in [0.29, 0.717) is 17.3 Å². The minimum atomic E-state index is -1.34. The summed E-state index contributed by atoms with van der Waals surface area (Å²) in [5.74, 6) is -3.21. The van der Waals surface area contributed by atoms with Crippen LogP contribution in [0.1, 0.15) is 22.3 Å². The van der Waals surface area contributed by atoms with Crippen LogP contribution in [0.4, 0.5) is 14.9 Å². The monoisotopic (exact) mass is 430 g/mol. The molecule has 1 aliphatic heterocycles. The molecule has 1 heterocycles. The molecule has 0 saturated carbocycles. The van der Waals surface area contributed by atoms with Gasteiger partial charge in [-0.15, -0.1) is 0 Å². The molecule has 154 valence electrons. The molecule has 0 atom stereocenters. The fourth-order valence-corrected chi connectivity index (χ4v) is 3.51. The summed E-state index contributed by atoms with van der Waals surface area (Å²) < 4.78 is 13.0. The number of nitrogens with one attached hydrogen (secondary N) is 1. The van der Waals surface area contributed by atoms with Crippen LogP contribution >= 0.6 is 11.8 Å². The number of benzene rings is 2. The highest BCUT2D eigenvalue weighted by atomic mass is 32.2. The highest BCUT2D eigenvalue weighted by Crippen LogP contribution is 2.32. The van der Waals surface area contributed by atoms with Gasteiger partial charge in [0.1, 0.15) is 11.6 Å². The minimum absolute atomic E-state index is 0.0179. The summed E-state index contributed by atoms with van der Waals surface area (Å²) in [5, 5.41) is 20.4. The number of carboxylic acid groups (broad SMARTS) is 1. The first-order valence-electron chi connectivity index (χ1n) is 8.61. The maximum absolute atomic E-state index is 13.0. The number of aromatic carboxylic acids is 1. The van der Waals surface area contributed by atoms with Crippen LogP contribution in [0.2, 0.25) is 0 Å². The number of carbonyl (C=O) groups is 4. The van der Waals surface area contributed by atoms with Crippen LogP contribution in [0.3, 0.4) is 0 Å². The summed E-state index contributed by atoms with van der Waals surface area (Å²) in [6, 6.07) is 8.85. The molecule has 3 N–H and O–H groups in total. The molecule has 0 unspecified atom stereocenters. The van der Waals surface area contributed by atoms with E-state index >= 15 is 0 Å². The lowest BCUT2D eigenvalue weighted by molar-refractivity contribution is -0.123. The first-order valence-corrected chi connectivity index (χ1v) is 9.43. The van der Waals surface area contributed by atoms with Crippen LogP contribution in [0.25, 0.3) is 6.08 Å². The normalized spacial score (nSPS) is 15.0. The van der Waals surface area contributed by atoms with Gasteiger partial charge in [-0.1, -0.05) is 12.1 Å². The van der Waals surface area contributed by atoms with Crippen molar-refractivity contribution in [2.24, 2.45) is 0 Å². The topological polar surface area (TPSA) is 124 Å². The highest BCUT2D eigenvalue weighted by molar-refractivity contribution is 8.18. The summed E-state index contributed by atoms with van der Waals surface area (Å²) >= 11 is 0.712. The van der Waals surface area contributed by atoms with E-state index in [0.717, 1.165) is 11.0 Å². The number of anilines is 1. The molecule has 0 spiro atoms. The first-order chi connectivity index (χ1) is 14.2. The van der Waals surface area contributed by atoms with E-state index < -0.39 is 28.8 Å². The second-order valence-corrected chi connectivity index (χ2v) is 7.21. The molecule has 2 aromatic carbocycles. The first kappa shape index (κ1) is 21.1. The van der Waals surface area contributed by atoms with E-state index in [1.54, 1.807) is 0 Å². The molecule has 30 heavy (non-hydrogen) atoms. The molecule has 3 rings (SSSR count). The van der Waals surface area contributed by atoms with Crippen LogP contribution in [0.15, 0.2) is 47.4 Å². The molecule has 10 heteroatoms. The van der Waals surface area contributed by atoms with Gasteiger partial charge in [-0.25, -0.2) is 9.18 Å². The number of hydrogen-bond acceptors (Lipinski definition) is 6. The lowest BCUT2D eigenvalue weighted by Gasteiger charge is -2.13. The number of amides is 3. The molecule has 3 amide bonds. The van der Waals surface area contributed by atoms with Crippen molar-refractivity contribution in [2.45, 2.75) is 6.42 Å². The number of phenolic OH excluding ortho intramolecular Hbond substituents is 1. The van der Waals surface area contributed by atoms with Gasteiger partial charge in [0.05, 0.1) is 16.2 Å². The maximum atomic E-state index is 13.0. The Bertz CT molecular complexity index is 1070. The minimum Gasteiger partial charge on any atom is -0.508 e. The lowest BCUT2D eigenvalue weighted by atomic mass is 10.1. The second kappa shape index (κ2) is 8.78. The average molecular weight is 430 g/mol. The van der Waals surface area contributed by atoms with Crippen LogP contribution in [-0.4, -0.2) is 44.7 Å². The van der Waals surface area contributed by atoms with Crippen molar-refractivity contribution in [1.82, 2.24) is 4.90 Å². The zero-order chi connectivity index (χ0) is 21.8. The van der Waals surface area contributed by atoms with E-state index in [-0.39, 0.29) is 34.9 Å². The predicted octanol–water partition coefficient (Wildman–Crippen LogP) is 3.29. The van der Waals surface area contributed by atoms with E-state index in [4.69, 9.17) is 5.11 Å². The summed E-state index contributed by atoms with van der Waals surface area (Å²) in [6.07, 6.45) is 1.21. The van der Waals surface area contributed by atoms with E-state index in [1.165, 1.54) is 42.5 Å². The Morgan fingerprint density at radius 2 is 1.83 bits per heavy atom. The van der Waals surface area contributed by atoms with Crippen LogP contribution < -0.4 is 5.32 Å². The number of aromatic hydroxyl groups is 1. The van der Waals surface area contributed by atoms with E-state index in [2.05, 4.69) is 5.32 Å². The molecule has 1 fully saturated rings. The molecular weight excluding hydrogens is 415 g/mol.